The largest absolute Gasteiger partial charge is 0.358 e. The molecule has 0 spiro atoms. The maximum Gasteiger partial charge on any atom is 0.233 e. The van der Waals surface area contributed by atoms with Gasteiger partial charge in [-0.1, -0.05) is 17.7 Å². The molecule has 0 saturated carbocycles. The normalized spacial score (nSPS) is 10.6. The molecule has 1 aromatic carbocycles. The number of likely N-dealkylation sites (N-methyl/N-ethyl adjacent to an activating group) is 1. The van der Waals surface area contributed by atoms with Crippen LogP contribution in [0.3, 0.4) is 0 Å². The molecule has 1 aromatic heterocycles. The molecule has 2 N–H and O–H groups in total. The van der Waals surface area contributed by atoms with E-state index in [-0.39, 0.29) is 18.4 Å². The molecule has 2 aromatic rings. The van der Waals surface area contributed by atoms with Gasteiger partial charge in [0.25, 0.3) is 0 Å². The molecule has 0 bridgehead atoms. The highest BCUT2D eigenvalue weighted by atomic mass is 32.1. The van der Waals surface area contributed by atoms with Crippen LogP contribution in [-0.2, 0) is 16.1 Å². The number of hydrogen-bond donors (Lipinski definition) is 2. The van der Waals surface area contributed by atoms with Crippen molar-refractivity contribution in [3.8, 4) is 0 Å². The van der Waals surface area contributed by atoms with Crippen molar-refractivity contribution in [1.82, 2.24) is 15.6 Å². The van der Waals surface area contributed by atoms with Gasteiger partial charge in [-0.3, -0.25) is 14.5 Å². The molecule has 0 aliphatic heterocycles. The number of carbonyl (C=O) groups excluding carboxylic acids is 2. The third kappa shape index (κ3) is 4.64. The highest BCUT2D eigenvalue weighted by Gasteiger charge is 2.21. The van der Waals surface area contributed by atoms with Crippen molar-refractivity contribution in [3.63, 3.8) is 0 Å². The Labute approximate surface area is 152 Å². The first-order chi connectivity index (χ1) is 11.8. The van der Waals surface area contributed by atoms with Gasteiger partial charge in [-0.25, -0.2) is 4.98 Å². The van der Waals surface area contributed by atoms with Crippen molar-refractivity contribution in [2.75, 3.05) is 18.5 Å². The van der Waals surface area contributed by atoms with Gasteiger partial charge >= 0.3 is 0 Å². The van der Waals surface area contributed by atoms with E-state index in [1.54, 1.807) is 18.9 Å². The van der Waals surface area contributed by atoms with Crippen molar-refractivity contribution >= 4 is 34.0 Å². The molecule has 2 amide bonds. The number of rotatable bonds is 6. The van der Waals surface area contributed by atoms with Crippen molar-refractivity contribution in [2.45, 2.75) is 34.2 Å². The maximum absolute atomic E-state index is 12.3. The number of nitrogens with zero attached hydrogens (tertiary/aromatic N) is 2. The van der Waals surface area contributed by atoms with Crippen LogP contribution in [-0.4, -0.2) is 30.4 Å². The highest BCUT2D eigenvalue weighted by Crippen LogP contribution is 2.34. The fourth-order valence-electron chi connectivity index (χ4n) is 2.79. The van der Waals surface area contributed by atoms with Crippen molar-refractivity contribution in [2.24, 2.45) is 0 Å². The molecule has 6 nitrogen and oxygen atoms in total. The Hall–Kier alpha value is -2.25. The average Bonchev–Trinajstić information content (AvgIpc) is 2.98. The lowest BCUT2D eigenvalue weighted by Gasteiger charge is -2.23. The molecule has 2 rings (SSSR count). The molecule has 0 saturated heterocycles. The number of hydrogen-bond acceptors (Lipinski definition) is 5. The molecular weight excluding hydrogens is 336 g/mol. The van der Waals surface area contributed by atoms with Gasteiger partial charge in [0.15, 0.2) is 5.13 Å². The predicted molar refractivity (Wildman–Crippen MR) is 101 cm³/mol. The summed E-state index contributed by atoms with van der Waals surface area (Å²) in [5, 5.41) is 8.13. The average molecular weight is 360 g/mol. The Morgan fingerprint density at radius 1 is 1.20 bits per heavy atom. The van der Waals surface area contributed by atoms with Gasteiger partial charge in [-0.05, 0) is 31.9 Å². The Balaban J connectivity index is 2.25. The minimum Gasteiger partial charge on any atom is -0.358 e. The molecule has 134 valence electrons. The van der Waals surface area contributed by atoms with Gasteiger partial charge in [0, 0.05) is 25.9 Å². The van der Waals surface area contributed by atoms with E-state index in [2.05, 4.69) is 27.8 Å². The molecule has 0 radical (unpaired) electrons. The zero-order chi connectivity index (χ0) is 18.6. The van der Waals surface area contributed by atoms with E-state index in [4.69, 9.17) is 0 Å². The van der Waals surface area contributed by atoms with Crippen molar-refractivity contribution in [1.29, 1.82) is 0 Å². The SMILES string of the molecule is CNC(=O)CNCc1csc(N(C(C)=O)c2c(C)cc(C)cc2C)n1. The van der Waals surface area contributed by atoms with E-state index in [9.17, 15) is 9.59 Å². The van der Waals surface area contributed by atoms with Gasteiger partial charge in [0.05, 0.1) is 17.9 Å². The van der Waals surface area contributed by atoms with Crippen LogP contribution in [0.5, 0.6) is 0 Å². The van der Waals surface area contributed by atoms with Crippen LogP contribution in [0.25, 0.3) is 0 Å². The van der Waals surface area contributed by atoms with Gasteiger partial charge in [-0.15, -0.1) is 11.3 Å². The zero-order valence-corrected chi connectivity index (χ0v) is 16.1. The van der Waals surface area contributed by atoms with Crippen molar-refractivity contribution < 1.29 is 9.59 Å². The lowest BCUT2D eigenvalue weighted by molar-refractivity contribution is -0.119. The van der Waals surface area contributed by atoms with Crippen LogP contribution in [0.4, 0.5) is 10.8 Å². The number of amides is 2. The van der Waals surface area contributed by atoms with Gasteiger partial charge in [0.1, 0.15) is 0 Å². The summed E-state index contributed by atoms with van der Waals surface area (Å²) >= 11 is 1.42. The molecule has 0 unspecified atom stereocenters. The topological polar surface area (TPSA) is 74.3 Å². The molecular formula is C18H24N4O2S. The van der Waals surface area contributed by atoms with Gasteiger partial charge in [0.2, 0.25) is 11.8 Å². The Bertz CT molecular complexity index is 762. The number of thiazole rings is 1. The third-order valence-electron chi connectivity index (χ3n) is 3.78. The molecule has 0 atom stereocenters. The summed E-state index contributed by atoms with van der Waals surface area (Å²) in [5.41, 5.74) is 4.94. The van der Waals surface area contributed by atoms with Crippen LogP contribution in [0.15, 0.2) is 17.5 Å². The fourth-order valence-corrected chi connectivity index (χ4v) is 3.66. The number of benzene rings is 1. The molecule has 0 aliphatic carbocycles. The summed E-state index contributed by atoms with van der Waals surface area (Å²) in [6, 6.07) is 4.13. The molecule has 0 fully saturated rings. The second-order valence-electron chi connectivity index (χ2n) is 6.00. The minimum atomic E-state index is -0.0771. The van der Waals surface area contributed by atoms with E-state index >= 15 is 0 Å². The van der Waals surface area contributed by atoms with E-state index in [0.717, 1.165) is 22.5 Å². The van der Waals surface area contributed by atoms with Crippen LogP contribution in [0.2, 0.25) is 0 Å². The van der Waals surface area contributed by atoms with Crippen LogP contribution >= 0.6 is 11.3 Å². The number of nitrogens with one attached hydrogen (secondary N) is 2. The first-order valence-electron chi connectivity index (χ1n) is 8.07. The lowest BCUT2D eigenvalue weighted by atomic mass is 10.0. The Morgan fingerprint density at radius 2 is 1.84 bits per heavy atom. The van der Waals surface area contributed by atoms with Crippen LogP contribution in [0.1, 0.15) is 29.3 Å². The monoisotopic (exact) mass is 360 g/mol. The smallest absolute Gasteiger partial charge is 0.233 e. The van der Waals surface area contributed by atoms with E-state index in [0.29, 0.717) is 11.7 Å². The summed E-state index contributed by atoms with van der Waals surface area (Å²) in [6.45, 7) is 8.30. The van der Waals surface area contributed by atoms with Crippen LogP contribution < -0.4 is 15.5 Å². The number of carbonyl (C=O) groups is 2. The highest BCUT2D eigenvalue weighted by molar-refractivity contribution is 7.14. The Morgan fingerprint density at radius 3 is 2.40 bits per heavy atom. The zero-order valence-electron chi connectivity index (χ0n) is 15.3. The second-order valence-corrected chi connectivity index (χ2v) is 6.84. The standard InChI is InChI=1S/C18H24N4O2S/c1-11-6-12(2)17(13(3)7-11)22(14(4)23)18-21-15(10-25-18)8-20-9-16(24)19-5/h6-7,10,20H,8-9H2,1-5H3,(H,19,24). The summed E-state index contributed by atoms with van der Waals surface area (Å²) in [4.78, 5) is 29.8. The molecule has 7 heteroatoms. The Kier molecular flexibility index (Phi) is 6.27. The van der Waals surface area contributed by atoms with E-state index in [1.807, 2.05) is 26.2 Å². The summed E-state index contributed by atoms with van der Waals surface area (Å²) in [5.74, 6) is -0.152. The van der Waals surface area contributed by atoms with Crippen LogP contribution in [0, 0.1) is 20.8 Å². The maximum atomic E-state index is 12.3. The molecule has 1 heterocycles. The lowest BCUT2D eigenvalue weighted by Crippen LogP contribution is -2.31. The first-order valence-corrected chi connectivity index (χ1v) is 8.95. The van der Waals surface area contributed by atoms with Gasteiger partial charge in [-0.2, -0.15) is 0 Å². The number of anilines is 2. The first kappa shape index (κ1) is 19.1. The molecule has 25 heavy (non-hydrogen) atoms. The number of aromatic nitrogens is 1. The predicted octanol–water partition coefficient (Wildman–Crippen LogP) is 2.59. The van der Waals surface area contributed by atoms with Crippen molar-refractivity contribution in [3.05, 3.63) is 39.9 Å². The quantitative estimate of drug-likeness (QED) is 0.830. The van der Waals surface area contributed by atoms with E-state index < -0.39 is 0 Å². The van der Waals surface area contributed by atoms with Gasteiger partial charge < -0.3 is 10.6 Å². The fraction of sp³-hybridized carbons (Fsp3) is 0.389. The minimum absolute atomic E-state index is 0.0747. The molecule has 0 aliphatic rings. The summed E-state index contributed by atoms with van der Waals surface area (Å²) < 4.78 is 0. The second kappa shape index (κ2) is 8.22. The third-order valence-corrected chi connectivity index (χ3v) is 4.65. The van der Waals surface area contributed by atoms with E-state index in [1.165, 1.54) is 16.9 Å². The summed E-state index contributed by atoms with van der Waals surface area (Å²) in [7, 11) is 1.60. The number of aryl methyl sites for hydroxylation is 3. The summed E-state index contributed by atoms with van der Waals surface area (Å²) in [6.07, 6.45) is 0.